The molecule has 0 radical (unpaired) electrons. The lowest BCUT2D eigenvalue weighted by molar-refractivity contribution is 1.18. The Morgan fingerprint density at radius 2 is 1.07 bits per heavy atom. The molecule has 0 bridgehead atoms. The lowest BCUT2D eigenvalue weighted by Crippen LogP contribution is -1.97. The van der Waals surface area contributed by atoms with Crippen molar-refractivity contribution in [3.8, 4) is 16.8 Å². The molecule has 0 N–H and O–H groups in total. The average Bonchev–Trinajstić information content (AvgIpc) is 3.01. The van der Waals surface area contributed by atoms with Crippen LogP contribution in [0.15, 0.2) is 84.9 Å². The third-order valence-electron chi connectivity index (χ3n) is 5.58. The topological polar surface area (TPSA) is 4.93 Å². The van der Waals surface area contributed by atoms with Crippen LogP contribution in [0.4, 0.5) is 0 Å². The van der Waals surface area contributed by atoms with Crippen LogP contribution in [0, 0.1) is 20.8 Å². The Labute approximate surface area is 165 Å². The summed E-state index contributed by atoms with van der Waals surface area (Å²) >= 11 is 0. The van der Waals surface area contributed by atoms with Crippen LogP contribution in [0.2, 0.25) is 0 Å². The summed E-state index contributed by atoms with van der Waals surface area (Å²) in [7, 11) is 0. The van der Waals surface area contributed by atoms with E-state index >= 15 is 0 Å². The van der Waals surface area contributed by atoms with Gasteiger partial charge in [-0.15, -0.1) is 0 Å². The molecular weight excluding hydrogens is 338 g/mol. The van der Waals surface area contributed by atoms with Gasteiger partial charge in [-0.1, -0.05) is 71.3 Å². The molecule has 0 spiro atoms. The van der Waals surface area contributed by atoms with Gasteiger partial charge >= 0.3 is 0 Å². The summed E-state index contributed by atoms with van der Waals surface area (Å²) in [6.45, 7) is 6.46. The molecule has 1 heteroatoms. The van der Waals surface area contributed by atoms with Crippen LogP contribution < -0.4 is 0 Å². The van der Waals surface area contributed by atoms with Crippen LogP contribution in [0.1, 0.15) is 16.7 Å². The molecular formula is C27H23N. The smallest absolute Gasteiger partial charge is 0.0541 e. The van der Waals surface area contributed by atoms with Crippen molar-refractivity contribution >= 4 is 21.8 Å². The molecule has 5 aromatic rings. The molecule has 0 unspecified atom stereocenters. The van der Waals surface area contributed by atoms with Crippen LogP contribution >= 0.6 is 0 Å². The fraction of sp³-hybridized carbons (Fsp3) is 0.111. The van der Waals surface area contributed by atoms with Gasteiger partial charge in [-0.2, -0.15) is 0 Å². The first-order chi connectivity index (χ1) is 13.6. The average molecular weight is 361 g/mol. The number of hydrogen-bond acceptors (Lipinski definition) is 0. The van der Waals surface area contributed by atoms with E-state index in [0.29, 0.717) is 0 Å². The van der Waals surface area contributed by atoms with Gasteiger partial charge in [0, 0.05) is 16.3 Å². The minimum absolute atomic E-state index is 1.22. The Morgan fingerprint density at radius 3 is 1.68 bits per heavy atom. The summed E-state index contributed by atoms with van der Waals surface area (Å²) in [5, 5.41) is 2.63. The van der Waals surface area contributed by atoms with Crippen LogP contribution in [-0.2, 0) is 0 Å². The van der Waals surface area contributed by atoms with Gasteiger partial charge in [-0.25, -0.2) is 0 Å². The molecule has 4 aromatic carbocycles. The fourth-order valence-electron chi connectivity index (χ4n) is 4.16. The third kappa shape index (κ3) is 2.63. The molecule has 136 valence electrons. The van der Waals surface area contributed by atoms with Crippen molar-refractivity contribution in [1.29, 1.82) is 0 Å². The lowest BCUT2D eigenvalue weighted by Gasteiger charge is -2.14. The number of rotatable bonds is 2. The van der Waals surface area contributed by atoms with E-state index in [1.165, 1.54) is 55.3 Å². The number of nitrogens with zero attached hydrogens (tertiary/aromatic N) is 1. The van der Waals surface area contributed by atoms with Crippen molar-refractivity contribution in [3.63, 3.8) is 0 Å². The van der Waals surface area contributed by atoms with E-state index in [4.69, 9.17) is 0 Å². The first-order valence-electron chi connectivity index (χ1n) is 9.80. The zero-order valence-corrected chi connectivity index (χ0v) is 16.5. The minimum Gasteiger partial charge on any atom is -0.309 e. The van der Waals surface area contributed by atoms with Gasteiger partial charge in [-0.3, -0.25) is 0 Å². The molecule has 1 nitrogen and oxygen atoms in total. The number of aromatic nitrogens is 1. The second-order valence-corrected chi connectivity index (χ2v) is 7.76. The van der Waals surface area contributed by atoms with Crippen molar-refractivity contribution < 1.29 is 0 Å². The maximum atomic E-state index is 2.42. The van der Waals surface area contributed by atoms with E-state index < -0.39 is 0 Å². The Balaban J connectivity index is 1.89. The molecule has 0 aliphatic rings. The monoisotopic (exact) mass is 361 g/mol. The van der Waals surface area contributed by atoms with E-state index in [9.17, 15) is 0 Å². The van der Waals surface area contributed by atoms with E-state index in [2.05, 4.69) is 110 Å². The van der Waals surface area contributed by atoms with Crippen LogP contribution in [0.25, 0.3) is 38.6 Å². The summed E-state index contributed by atoms with van der Waals surface area (Å²) in [5.41, 5.74) is 10.1. The second-order valence-electron chi connectivity index (χ2n) is 7.76. The Kier molecular flexibility index (Phi) is 3.84. The van der Waals surface area contributed by atoms with Crippen molar-refractivity contribution in [2.45, 2.75) is 20.8 Å². The number of fused-ring (bicyclic) bond motifs is 3. The predicted octanol–water partition coefficient (Wildman–Crippen LogP) is 7.38. The van der Waals surface area contributed by atoms with E-state index in [-0.39, 0.29) is 0 Å². The van der Waals surface area contributed by atoms with Crippen LogP contribution in [0.3, 0.4) is 0 Å². The zero-order chi connectivity index (χ0) is 19.3. The van der Waals surface area contributed by atoms with Gasteiger partial charge < -0.3 is 4.57 Å². The molecule has 0 amide bonds. The van der Waals surface area contributed by atoms with E-state index in [1.54, 1.807) is 0 Å². The zero-order valence-electron chi connectivity index (χ0n) is 16.5. The number of para-hydroxylation sites is 1. The highest BCUT2D eigenvalue weighted by Crippen LogP contribution is 2.36. The highest BCUT2D eigenvalue weighted by atomic mass is 15.0. The Morgan fingerprint density at radius 1 is 0.536 bits per heavy atom. The molecule has 5 rings (SSSR count). The SMILES string of the molecule is Cc1ccc(-c2ccccc2-n2c3ccc(C)cc3c3cc(C)ccc32)cc1. The van der Waals surface area contributed by atoms with Crippen LogP contribution in [0.5, 0.6) is 0 Å². The molecule has 0 atom stereocenters. The van der Waals surface area contributed by atoms with Crippen molar-refractivity contribution in [3.05, 3.63) is 102 Å². The number of aryl methyl sites for hydroxylation is 3. The predicted molar refractivity (Wildman–Crippen MR) is 120 cm³/mol. The van der Waals surface area contributed by atoms with Crippen molar-refractivity contribution in [2.24, 2.45) is 0 Å². The molecule has 1 aromatic heterocycles. The van der Waals surface area contributed by atoms with Gasteiger partial charge in [-0.05, 0) is 56.7 Å². The first-order valence-corrected chi connectivity index (χ1v) is 9.80. The third-order valence-corrected chi connectivity index (χ3v) is 5.58. The molecule has 1 heterocycles. The summed E-state index contributed by atoms with van der Waals surface area (Å²) in [5.74, 6) is 0. The largest absolute Gasteiger partial charge is 0.309 e. The Hall–Kier alpha value is -3.32. The summed E-state index contributed by atoms with van der Waals surface area (Å²) in [4.78, 5) is 0. The summed E-state index contributed by atoms with van der Waals surface area (Å²) in [6, 6.07) is 31.1. The van der Waals surface area contributed by atoms with Crippen molar-refractivity contribution in [1.82, 2.24) is 4.57 Å². The van der Waals surface area contributed by atoms with E-state index in [0.717, 1.165) is 0 Å². The molecule has 28 heavy (non-hydrogen) atoms. The van der Waals surface area contributed by atoms with Crippen molar-refractivity contribution in [2.75, 3.05) is 0 Å². The minimum atomic E-state index is 1.22. The Bertz CT molecular complexity index is 1260. The first kappa shape index (κ1) is 16.8. The van der Waals surface area contributed by atoms with Gasteiger partial charge in [0.2, 0.25) is 0 Å². The maximum absolute atomic E-state index is 2.42. The molecule has 0 fully saturated rings. The van der Waals surface area contributed by atoms with Gasteiger partial charge in [0.05, 0.1) is 16.7 Å². The molecule has 0 saturated carbocycles. The highest BCUT2D eigenvalue weighted by molar-refractivity contribution is 6.10. The highest BCUT2D eigenvalue weighted by Gasteiger charge is 2.15. The molecule has 0 aliphatic heterocycles. The fourth-order valence-corrected chi connectivity index (χ4v) is 4.16. The standard InChI is InChI=1S/C27H23N/c1-18-8-12-21(13-9-18)22-6-4-5-7-25(22)28-26-14-10-19(2)16-23(26)24-17-20(3)11-15-27(24)28/h4-17H,1-3H3. The summed E-state index contributed by atoms with van der Waals surface area (Å²) in [6.07, 6.45) is 0. The normalized spacial score (nSPS) is 11.4. The molecule has 0 saturated heterocycles. The van der Waals surface area contributed by atoms with E-state index in [1.807, 2.05) is 0 Å². The second kappa shape index (κ2) is 6.38. The number of benzene rings is 4. The van der Waals surface area contributed by atoms with Gasteiger partial charge in [0.15, 0.2) is 0 Å². The van der Waals surface area contributed by atoms with Gasteiger partial charge in [0.25, 0.3) is 0 Å². The quantitative estimate of drug-likeness (QED) is 0.309. The maximum Gasteiger partial charge on any atom is 0.0541 e. The van der Waals surface area contributed by atoms with Crippen LogP contribution in [-0.4, -0.2) is 4.57 Å². The van der Waals surface area contributed by atoms with Gasteiger partial charge in [0.1, 0.15) is 0 Å². The molecule has 0 aliphatic carbocycles. The number of hydrogen-bond donors (Lipinski definition) is 0. The lowest BCUT2D eigenvalue weighted by atomic mass is 10.0. The summed E-state index contributed by atoms with van der Waals surface area (Å²) < 4.78 is 2.42.